The maximum Gasteiger partial charge on any atom is -0.00140 e. The summed E-state index contributed by atoms with van der Waals surface area (Å²) in [6.07, 6.45) is 2.28. The van der Waals surface area contributed by atoms with Crippen LogP contribution < -0.4 is 5.32 Å². The molecule has 2 aromatic rings. The van der Waals surface area contributed by atoms with E-state index in [0.717, 1.165) is 25.9 Å². The van der Waals surface area contributed by atoms with E-state index in [4.69, 9.17) is 0 Å². The molecule has 0 radical (unpaired) electrons. The Bertz CT molecular complexity index is 448. The Morgan fingerprint density at radius 1 is 0.714 bits per heavy atom. The number of rotatable bonds is 8. The average Bonchev–Trinajstić information content (AvgIpc) is 2.49. The van der Waals surface area contributed by atoms with Gasteiger partial charge < -0.3 is 5.32 Å². The molecular weight excluding hydrogens is 254 g/mol. The molecule has 21 heavy (non-hydrogen) atoms. The van der Waals surface area contributed by atoms with Crippen LogP contribution in [0.3, 0.4) is 0 Å². The summed E-state index contributed by atoms with van der Waals surface area (Å²) >= 11 is 0. The van der Waals surface area contributed by atoms with Crippen LogP contribution in [0.4, 0.5) is 0 Å². The third-order valence-corrected chi connectivity index (χ3v) is 3.72. The topological polar surface area (TPSA) is 12.0 Å². The van der Waals surface area contributed by atoms with Crippen LogP contribution in [0, 0.1) is 11.8 Å². The fourth-order valence-corrected chi connectivity index (χ4v) is 2.69. The van der Waals surface area contributed by atoms with Gasteiger partial charge in [0.15, 0.2) is 0 Å². The zero-order valence-electron chi connectivity index (χ0n) is 13.3. The summed E-state index contributed by atoms with van der Waals surface area (Å²) in [6.45, 7) is 6.70. The largest absolute Gasteiger partial charge is 0.316 e. The molecule has 0 heterocycles. The van der Waals surface area contributed by atoms with E-state index in [9.17, 15) is 0 Å². The van der Waals surface area contributed by atoms with Crippen molar-refractivity contribution >= 4 is 0 Å². The van der Waals surface area contributed by atoms with Gasteiger partial charge in [0.1, 0.15) is 0 Å². The van der Waals surface area contributed by atoms with Gasteiger partial charge in [0, 0.05) is 0 Å². The molecule has 0 spiro atoms. The van der Waals surface area contributed by atoms with Crippen LogP contribution in [0.1, 0.15) is 25.0 Å². The van der Waals surface area contributed by atoms with Crippen molar-refractivity contribution in [2.75, 3.05) is 13.1 Å². The van der Waals surface area contributed by atoms with Gasteiger partial charge in [0.05, 0.1) is 0 Å². The lowest BCUT2D eigenvalue weighted by Gasteiger charge is -2.19. The first-order valence-corrected chi connectivity index (χ1v) is 8.02. The molecule has 0 amide bonds. The van der Waals surface area contributed by atoms with Crippen LogP contribution in [-0.2, 0) is 12.8 Å². The lowest BCUT2D eigenvalue weighted by Crippen LogP contribution is -2.28. The summed E-state index contributed by atoms with van der Waals surface area (Å²) in [6, 6.07) is 21.7. The van der Waals surface area contributed by atoms with Crippen molar-refractivity contribution in [1.82, 2.24) is 5.32 Å². The molecule has 0 aromatic heterocycles. The minimum absolute atomic E-state index is 0.647. The van der Waals surface area contributed by atoms with E-state index in [1.807, 2.05) is 0 Å². The number of benzene rings is 2. The monoisotopic (exact) mass is 281 g/mol. The molecule has 0 saturated heterocycles. The Labute approximate surface area is 129 Å². The van der Waals surface area contributed by atoms with E-state index >= 15 is 0 Å². The number of nitrogens with one attached hydrogen (secondary N) is 1. The second-order valence-corrected chi connectivity index (χ2v) is 6.30. The minimum Gasteiger partial charge on any atom is -0.316 e. The van der Waals surface area contributed by atoms with E-state index in [-0.39, 0.29) is 0 Å². The van der Waals surface area contributed by atoms with Gasteiger partial charge in [-0.1, -0.05) is 74.5 Å². The average molecular weight is 281 g/mol. The third kappa shape index (κ3) is 6.14. The number of hydrogen-bond acceptors (Lipinski definition) is 1. The van der Waals surface area contributed by atoms with E-state index in [2.05, 4.69) is 79.8 Å². The maximum atomic E-state index is 3.63. The Morgan fingerprint density at radius 2 is 1.19 bits per heavy atom. The van der Waals surface area contributed by atoms with Crippen molar-refractivity contribution in [3.63, 3.8) is 0 Å². The summed E-state index contributed by atoms with van der Waals surface area (Å²) < 4.78 is 0. The standard InChI is InChI=1S/C20H27N/c1-17(2)15-21-16-20(13-18-9-5-3-6-10-18)14-19-11-7-4-8-12-19/h3-12,17,20-21H,13-16H2,1-2H3. The molecule has 0 aliphatic heterocycles. The molecule has 0 atom stereocenters. The van der Waals surface area contributed by atoms with Gasteiger partial charge in [-0.2, -0.15) is 0 Å². The lowest BCUT2D eigenvalue weighted by atomic mass is 9.92. The van der Waals surface area contributed by atoms with Crippen LogP contribution in [0.15, 0.2) is 60.7 Å². The second kappa shape index (κ2) is 8.63. The molecule has 0 aliphatic carbocycles. The lowest BCUT2D eigenvalue weighted by molar-refractivity contribution is 0.445. The molecule has 0 aliphatic rings. The molecule has 2 aromatic carbocycles. The molecule has 112 valence electrons. The molecule has 2 rings (SSSR count). The van der Waals surface area contributed by atoms with Gasteiger partial charge in [-0.05, 0) is 48.9 Å². The summed E-state index contributed by atoms with van der Waals surface area (Å²) in [7, 11) is 0. The van der Waals surface area contributed by atoms with Gasteiger partial charge in [-0.25, -0.2) is 0 Å². The quantitative estimate of drug-likeness (QED) is 0.759. The molecule has 0 saturated carbocycles. The zero-order chi connectivity index (χ0) is 14.9. The predicted molar refractivity (Wildman–Crippen MR) is 91.5 cm³/mol. The van der Waals surface area contributed by atoms with Gasteiger partial charge in [0.25, 0.3) is 0 Å². The van der Waals surface area contributed by atoms with Crippen molar-refractivity contribution in [1.29, 1.82) is 0 Å². The first kappa shape index (κ1) is 15.8. The highest BCUT2D eigenvalue weighted by Crippen LogP contribution is 2.14. The maximum absolute atomic E-state index is 3.63. The van der Waals surface area contributed by atoms with Crippen LogP contribution in [0.25, 0.3) is 0 Å². The molecule has 0 bridgehead atoms. The summed E-state index contributed by atoms with van der Waals surface area (Å²) in [5, 5.41) is 3.63. The van der Waals surface area contributed by atoms with E-state index in [0.29, 0.717) is 11.8 Å². The van der Waals surface area contributed by atoms with Crippen LogP contribution >= 0.6 is 0 Å². The molecule has 1 nitrogen and oxygen atoms in total. The van der Waals surface area contributed by atoms with Crippen molar-refractivity contribution in [2.45, 2.75) is 26.7 Å². The highest BCUT2D eigenvalue weighted by Gasteiger charge is 2.11. The van der Waals surface area contributed by atoms with Gasteiger partial charge in [-0.3, -0.25) is 0 Å². The van der Waals surface area contributed by atoms with Crippen molar-refractivity contribution in [3.05, 3.63) is 71.8 Å². The van der Waals surface area contributed by atoms with Crippen LogP contribution in [-0.4, -0.2) is 13.1 Å². The van der Waals surface area contributed by atoms with Crippen LogP contribution in [0.5, 0.6) is 0 Å². The first-order chi connectivity index (χ1) is 10.2. The zero-order valence-corrected chi connectivity index (χ0v) is 13.3. The fourth-order valence-electron chi connectivity index (χ4n) is 2.69. The van der Waals surface area contributed by atoms with Crippen molar-refractivity contribution in [3.8, 4) is 0 Å². The van der Waals surface area contributed by atoms with Crippen molar-refractivity contribution < 1.29 is 0 Å². The Kier molecular flexibility index (Phi) is 6.49. The normalized spacial score (nSPS) is 11.2. The fraction of sp³-hybridized carbons (Fsp3) is 0.400. The highest BCUT2D eigenvalue weighted by atomic mass is 14.9. The summed E-state index contributed by atoms with van der Waals surface area (Å²) in [5.41, 5.74) is 2.87. The Hall–Kier alpha value is -1.60. The van der Waals surface area contributed by atoms with Gasteiger partial charge >= 0.3 is 0 Å². The predicted octanol–water partition coefficient (Wildman–Crippen LogP) is 4.33. The van der Waals surface area contributed by atoms with E-state index in [1.54, 1.807) is 0 Å². The number of hydrogen-bond donors (Lipinski definition) is 1. The van der Waals surface area contributed by atoms with E-state index in [1.165, 1.54) is 11.1 Å². The Balaban J connectivity index is 1.96. The summed E-state index contributed by atoms with van der Waals surface area (Å²) in [4.78, 5) is 0. The minimum atomic E-state index is 0.647. The first-order valence-electron chi connectivity index (χ1n) is 8.02. The highest BCUT2D eigenvalue weighted by molar-refractivity contribution is 5.18. The SMILES string of the molecule is CC(C)CNCC(Cc1ccccc1)Cc1ccccc1. The third-order valence-electron chi connectivity index (χ3n) is 3.72. The molecule has 0 unspecified atom stereocenters. The molecule has 1 heteroatoms. The second-order valence-electron chi connectivity index (χ2n) is 6.30. The van der Waals surface area contributed by atoms with E-state index < -0.39 is 0 Å². The molecule has 1 N–H and O–H groups in total. The molecular formula is C20H27N. The van der Waals surface area contributed by atoms with Crippen molar-refractivity contribution in [2.24, 2.45) is 11.8 Å². The van der Waals surface area contributed by atoms with Gasteiger partial charge in [-0.15, -0.1) is 0 Å². The smallest absolute Gasteiger partial charge is 0.00140 e. The summed E-state index contributed by atoms with van der Waals surface area (Å²) in [5.74, 6) is 1.35. The molecule has 0 fully saturated rings. The van der Waals surface area contributed by atoms with Gasteiger partial charge in [0.2, 0.25) is 0 Å². The Morgan fingerprint density at radius 3 is 1.62 bits per heavy atom. The van der Waals surface area contributed by atoms with Crippen LogP contribution in [0.2, 0.25) is 0 Å².